The van der Waals surface area contributed by atoms with Crippen LogP contribution in [0.15, 0.2) is 60.7 Å². The second kappa shape index (κ2) is 9.05. The molecule has 1 heterocycles. The number of nitrogens with one attached hydrogen (secondary N) is 1. The van der Waals surface area contributed by atoms with E-state index < -0.39 is 5.97 Å². The Kier molecular flexibility index (Phi) is 6.06. The Labute approximate surface area is 174 Å². The number of aryl methyl sites for hydroxylation is 2. The minimum Gasteiger partial charge on any atom is -0.451 e. The monoisotopic (exact) mass is 405 g/mol. The highest BCUT2D eigenvalue weighted by Crippen LogP contribution is 2.30. The third-order valence-corrected chi connectivity index (χ3v) is 6.29. The van der Waals surface area contributed by atoms with Crippen molar-refractivity contribution in [1.82, 2.24) is 0 Å². The van der Waals surface area contributed by atoms with Gasteiger partial charge in [0.15, 0.2) is 6.61 Å². The van der Waals surface area contributed by atoms with Crippen molar-refractivity contribution in [3.63, 3.8) is 0 Å². The van der Waals surface area contributed by atoms with Crippen LogP contribution in [0.4, 0.5) is 5.69 Å². The Morgan fingerprint density at radius 3 is 2.55 bits per heavy atom. The summed E-state index contributed by atoms with van der Waals surface area (Å²) in [7, 11) is 0. The predicted molar refractivity (Wildman–Crippen MR) is 116 cm³/mol. The number of thiophene rings is 1. The number of fused-ring (bicyclic) bond motifs is 1. The highest BCUT2D eigenvalue weighted by atomic mass is 32.1. The Hall–Kier alpha value is -2.92. The fourth-order valence-corrected chi connectivity index (χ4v) is 4.77. The van der Waals surface area contributed by atoms with Crippen molar-refractivity contribution in [2.75, 3.05) is 11.9 Å². The van der Waals surface area contributed by atoms with Gasteiger partial charge in [0.2, 0.25) is 0 Å². The maximum atomic E-state index is 12.4. The van der Waals surface area contributed by atoms with E-state index in [0.29, 0.717) is 10.6 Å². The molecule has 2 aromatic carbocycles. The Balaban J connectivity index is 1.38. The third-order valence-electron chi connectivity index (χ3n) is 5.07. The first-order valence-electron chi connectivity index (χ1n) is 9.94. The first-order valence-corrected chi connectivity index (χ1v) is 10.8. The fourth-order valence-electron chi connectivity index (χ4n) is 3.62. The van der Waals surface area contributed by atoms with Gasteiger partial charge >= 0.3 is 5.97 Å². The summed E-state index contributed by atoms with van der Waals surface area (Å²) < 4.78 is 5.28. The van der Waals surface area contributed by atoms with Gasteiger partial charge in [0.25, 0.3) is 5.91 Å². The number of para-hydroxylation sites is 1. The molecule has 4 rings (SSSR count). The van der Waals surface area contributed by atoms with E-state index in [-0.39, 0.29) is 12.5 Å². The van der Waals surface area contributed by atoms with Crippen LogP contribution in [0.25, 0.3) is 11.1 Å². The van der Waals surface area contributed by atoms with E-state index in [9.17, 15) is 9.59 Å². The van der Waals surface area contributed by atoms with Gasteiger partial charge < -0.3 is 10.1 Å². The van der Waals surface area contributed by atoms with Gasteiger partial charge in [-0.2, -0.15) is 0 Å². The van der Waals surface area contributed by atoms with Crippen LogP contribution < -0.4 is 5.32 Å². The molecule has 0 unspecified atom stereocenters. The van der Waals surface area contributed by atoms with Crippen molar-refractivity contribution >= 4 is 28.9 Å². The number of carbonyl (C=O) groups excluding carboxylic acids is 2. The molecule has 4 nitrogen and oxygen atoms in total. The van der Waals surface area contributed by atoms with Crippen LogP contribution in [0, 0.1) is 0 Å². The summed E-state index contributed by atoms with van der Waals surface area (Å²) in [6, 6.07) is 19.4. The molecule has 148 valence electrons. The number of esters is 1. The SMILES string of the molecule is O=C(COC(=O)c1cc2c(s1)CCCCC2)Nc1ccccc1-c1ccccc1. The van der Waals surface area contributed by atoms with Gasteiger partial charge in [-0.15, -0.1) is 11.3 Å². The molecule has 3 aromatic rings. The molecular weight excluding hydrogens is 382 g/mol. The highest BCUT2D eigenvalue weighted by molar-refractivity contribution is 7.14. The summed E-state index contributed by atoms with van der Waals surface area (Å²) in [5, 5.41) is 2.86. The lowest BCUT2D eigenvalue weighted by Gasteiger charge is -2.11. The van der Waals surface area contributed by atoms with Crippen LogP contribution in [-0.2, 0) is 22.4 Å². The second-order valence-electron chi connectivity index (χ2n) is 7.16. The molecule has 1 amide bonds. The summed E-state index contributed by atoms with van der Waals surface area (Å²) in [4.78, 5) is 26.7. The molecule has 0 saturated heterocycles. The Morgan fingerprint density at radius 2 is 1.69 bits per heavy atom. The zero-order valence-corrected chi connectivity index (χ0v) is 17.0. The average Bonchev–Trinajstić information content (AvgIpc) is 3.03. The number of rotatable bonds is 5. The summed E-state index contributed by atoms with van der Waals surface area (Å²) in [5.41, 5.74) is 3.90. The largest absolute Gasteiger partial charge is 0.451 e. The molecule has 1 aliphatic rings. The molecule has 0 atom stereocenters. The average molecular weight is 406 g/mol. The van der Waals surface area contributed by atoms with Crippen molar-refractivity contribution < 1.29 is 14.3 Å². The van der Waals surface area contributed by atoms with E-state index >= 15 is 0 Å². The Bertz CT molecular complexity index is 986. The maximum Gasteiger partial charge on any atom is 0.348 e. The number of benzene rings is 2. The molecular formula is C24H23NO3S. The third kappa shape index (κ3) is 4.74. The number of hydrogen-bond donors (Lipinski definition) is 1. The summed E-state index contributed by atoms with van der Waals surface area (Å²) in [5.74, 6) is -0.769. The lowest BCUT2D eigenvalue weighted by atomic mass is 10.0. The molecule has 0 radical (unpaired) electrons. The standard InChI is InChI=1S/C24H23NO3S/c26-23(25-20-13-8-7-12-19(20)17-9-3-1-4-10-17)16-28-24(27)22-15-18-11-5-2-6-14-21(18)29-22/h1,3-4,7-10,12-13,15H,2,5-6,11,14,16H2,(H,25,26). The number of hydrogen-bond acceptors (Lipinski definition) is 4. The van der Waals surface area contributed by atoms with Crippen LogP contribution in [-0.4, -0.2) is 18.5 Å². The Morgan fingerprint density at radius 1 is 0.931 bits per heavy atom. The topological polar surface area (TPSA) is 55.4 Å². The first-order chi connectivity index (χ1) is 14.2. The van der Waals surface area contributed by atoms with Crippen molar-refractivity contribution in [3.05, 3.63) is 76.0 Å². The highest BCUT2D eigenvalue weighted by Gasteiger charge is 2.18. The van der Waals surface area contributed by atoms with Crippen molar-refractivity contribution in [3.8, 4) is 11.1 Å². The van der Waals surface area contributed by atoms with Crippen molar-refractivity contribution in [1.29, 1.82) is 0 Å². The molecule has 0 aliphatic heterocycles. The van der Waals surface area contributed by atoms with Crippen LogP contribution in [0.3, 0.4) is 0 Å². The number of amides is 1. The van der Waals surface area contributed by atoms with Crippen LogP contribution in [0.1, 0.15) is 39.4 Å². The minimum atomic E-state index is -0.422. The molecule has 0 spiro atoms. The van der Waals surface area contributed by atoms with Gasteiger partial charge in [0.1, 0.15) is 4.88 Å². The summed E-state index contributed by atoms with van der Waals surface area (Å²) in [6.07, 6.45) is 5.64. The molecule has 1 N–H and O–H groups in total. The zero-order chi connectivity index (χ0) is 20.1. The van der Waals surface area contributed by atoms with E-state index in [4.69, 9.17) is 4.74 Å². The first kappa shape index (κ1) is 19.4. The number of carbonyl (C=O) groups is 2. The molecule has 1 aliphatic carbocycles. The summed E-state index contributed by atoms with van der Waals surface area (Å²) in [6.45, 7) is -0.301. The van der Waals surface area contributed by atoms with Gasteiger partial charge in [-0.1, -0.05) is 55.0 Å². The quantitative estimate of drug-likeness (QED) is 0.452. The fraction of sp³-hybridized carbons (Fsp3) is 0.250. The van der Waals surface area contributed by atoms with Gasteiger partial charge in [-0.05, 0) is 48.9 Å². The normalized spacial score (nSPS) is 13.2. The summed E-state index contributed by atoms with van der Waals surface area (Å²) >= 11 is 1.51. The van der Waals surface area contributed by atoms with Gasteiger partial charge in [-0.25, -0.2) is 4.79 Å². The van der Waals surface area contributed by atoms with Crippen LogP contribution in [0.2, 0.25) is 0 Å². The van der Waals surface area contributed by atoms with E-state index in [1.807, 2.05) is 60.7 Å². The molecule has 0 fully saturated rings. The van der Waals surface area contributed by atoms with Crippen LogP contribution >= 0.6 is 11.3 Å². The maximum absolute atomic E-state index is 12.4. The van der Waals surface area contributed by atoms with E-state index in [2.05, 4.69) is 5.32 Å². The minimum absolute atomic E-state index is 0.301. The second-order valence-corrected chi connectivity index (χ2v) is 8.29. The molecule has 5 heteroatoms. The smallest absolute Gasteiger partial charge is 0.348 e. The molecule has 1 aromatic heterocycles. The van der Waals surface area contributed by atoms with Crippen LogP contribution in [0.5, 0.6) is 0 Å². The van der Waals surface area contributed by atoms with Gasteiger partial charge in [0.05, 0.1) is 0 Å². The van der Waals surface area contributed by atoms with E-state index in [0.717, 1.165) is 24.0 Å². The lowest BCUT2D eigenvalue weighted by molar-refractivity contribution is -0.119. The molecule has 0 saturated carbocycles. The lowest BCUT2D eigenvalue weighted by Crippen LogP contribution is -2.21. The molecule has 0 bridgehead atoms. The zero-order valence-electron chi connectivity index (χ0n) is 16.1. The van der Waals surface area contributed by atoms with Crippen molar-refractivity contribution in [2.45, 2.75) is 32.1 Å². The van der Waals surface area contributed by atoms with Gasteiger partial charge in [-0.3, -0.25) is 4.79 Å². The number of anilines is 1. The van der Waals surface area contributed by atoms with E-state index in [1.165, 1.54) is 41.0 Å². The van der Waals surface area contributed by atoms with Gasteiger partial charge in [0, 0.05) is 16.1 Å². The predicted octanol–water partition coefficient (Wildman–Crippen LogP) is 5.48. The van der Waals surface area contributed by atoms with Crippen molar-refractivity contribution in [2.24, 2.45) is 0 Å². The number of ether oxygens (including phenoxy) is 1. The molecule has 29 heavy (non-hydrogen) atoms. The van der Waals surface area contributed by atoms with E-state index in [1.54, 1.807) is 0 Å².